The number of benzene rings is 2. The summed E-state index contributed by atoms with van der Waals surface area (Å²) in [5, 5.41) is 0. The van der Waals surface area contributed by atoms with Crippen LogP contribution in [0.2, 0.25) is 0 Å². The minimum Gasteiger partial charge on any atom is -0.116 e. The summed E-state index contributed by atoms with van der Waals surface area (Å²) in [5.74, 6) is 0.280. The largest absolute Gasteiger partial charge is 0.116 e. The van der Waals surface area contributed by atoms with Crippen molar-refractivity contribution in [3.63, 3.8) is 0 Å². The molecule has 0 heterocycles. The summed E-state index contributed by atoms with van der Waals surface area (Å²) in [4.78, 5) is 0. The smallest absolute Gasteiger partial charge is 0.0413 e. The minimum atomic E-state index is 0.280. The highest BCUT2D eigenvalue weighted by atomic mass is 14.2. The lowest BCUT2D eigenvalue weighted by Gasteiger charge is -2.17. The van der Waals surface area contributed by atoms with Crippen molar-refractivity contribution in [2.45, 2.75) is 5.92 Å². The van der Waals surface area contributed by atoms with E-state index in [1.54, 1.807) is 0 Å². The van der Waals surface area contributed by atoms with E-state index in [2.05, 4.69) is 72.5 Å². The van der Waals surface area contributed by atoms with Crippen molar-refractivity contribution < 1.29 is 0 Å². The molecule has 0 amide bonds. The Morgan fingerprint density at radius 1 is 0.722 bits per heavy atom. The number of hydrogen-bond acceptors (Lipinski definition) is 0. The van der Waals surface area contributed by atoms with Gasteiger partial charge in [0, 0.05) is 11.5 Å². The first-order valence-electron chi connectivity index (χ1n) is 6.18. The zero-order chi connectivity index (χ0) is 12.2. The van der Waals surface area contributed by atoms with Crippen molar-refractivity contribution >= 4 is 0 Å². The second-order valence-corrected chi connectivity index (χ2v) is 4.38. The topological polar surface area (TPSA) is 0 Å². The van der Waals surface area contributed by atoms with E-state index in [1.165, 1.54) is 16.7 Å². The zero-order valence-electron chi connectivity index (χ0n) is 10.1. The maximum Gasteiger partial charge on any atom is 0.0413 e. The fourth-order valence-corrected chi connectivity index (χ4v) is 2.37. The van der Waals surface area contributed by atoms with Gasteiger partial charge >= 0.3 is 0 Å². The summed E-state index contributed by atoms with van der Waals surface area (Å²) in [5.41, 5.74) is 7.19. The van der Waals surface area contributed by atoms with Crippen LogP contribution in [0.4, 0.5) is 0 Å². The molecule has 1 aliphatic rings. The van der Waals surface area contributed by atoms with Gasteiger partial charge in [-0.05, 0) is 23.3 Å². The van der Waals surface area contributed by atoms with Crippen molar-refractivity contribution in [1.82, 2.24) is 0 Å². The molecule has 0 saturated carbocycles. The molecule has 0 aliphatic heterocycles. The second kappa shape index (κ2) is 4.91. The van der Waals surface area contributed by atoms with Gasteiger partial charge in [-0.3, -0.25) is 0 Å². The van der Waals surface area contributed by atoms with E-state index in [0.29, 0.717) is 0 Å². The molecule has 0 bridgehead atoms. The monoisotopic (exact) mass is 230 g/mol. The van der Waals surface area contributed by atoms with Crippen LogP contribution < -0.4 is 0 Å². The second-order valence-electron chi connectivity index (χ2n) is 4.38. The van der Waals surface area contributed by atoms with Gasteiger partial charge in [0.25, 0.3) is 0 Å². The predicted octanol–water partition coefficient (Wildman–Crippen LogP) is 4.47. The Hall–Kier alpha value is -2.30. The van der Waals surface area contributed by atoms with Gasteiger partial charge in [-0.2, -0.15) is 0 Å². The Morgan fingerprint density at radius 2 is 1.28 bits per heavy atom. The molecule has 2 aromatic rings. The molecule has 0 saturated heterocycles. The predicted molar refractivity (Wildman–Crippen MR) is 75.5 cm³/mol. The molecular weight excluding hydrogens is 216 g/mol. The van der Waals surface area contributed by atoms with Crippen LogP contribution in [-0.4, -0.2) is 0 Å². The summed E-state index contributed by atoms with van der Waals surface area (Å²) in [7, 11) is 0. The molecule has 0 radical (unpaired) electrons. The van der Waals surface area contributed by atoms with E-state index >= 15 is 0 Å². The molecule has 0 nitrogen and oxygen atoms in total. The van der Waals surface area contributed by atoms with Gasteiger partial charge in [0.05, 0.1) is 0 Å². The number of allylic oxidation sites excluding steroid dienone is 3. The third-order valence-corrected chi connectivity index (χ3v) is 3.20. The Morgan fingerprint density at radius 3 is 1.72 bits per heavy atom. The van der Waals surface area contributed by atoms with Crippen molar-refractivity contribution in [2.24, 2.45) is 0 Å². The van der Waals surface area contributed by atoms with Crippen molar-refractivity contribution in [1.29, 1.82) is 0 Å². The molecular formula is C18H14. The van der Waals surface area contributed by atoms with E-state index in [-0.39, 0.29) is 5.92 Å². The maximum absolute atomic E-state index is 3.33. The van der Waals surface area contributed by atoms with Gasteiger partial charge < -0.3 is 0 Å². The van der Waals surface area contributed by atoms with Crippen LogP contribution in [0.5, 0.6) is 0 Å². The normalized spacial score (nSPS) is 13.1. The molecule has 3 rings (SSSR count). The first kappa shape index (κ1) is 10.8. The molecule has 0 atom stereocenters. The Kier molecular flexibility index (Phi) is 2.96. The van der Waals surface area contributed by atoms with Crippen molar-refractivity contribution in [2.75, 3.05) is 0 Å². The summed E-state index contributed by atoms with van der Waals surface area (Å²) in [6.45, 7) is 0. The molecule has 0 unspecified atom stereocenters. The Labute approximate surface area is 108 Å². The van der Waals surface area contributed by atoms with Crippen LogP contribution in [0.25, 0.3) is 0 Å². The van der Waals surface area contributed by atoms with Gasteiger partial charge in [-0.25, -0.2) is 0 Å². The van der Waals surface area contributed by atoms with Crippen LogP contribution in [0.3, 0.4) is 0 Å². The number of hydrogen-bond donors (Lipinski definition) is 0. The molecule has 2 aromatic carbocycles. The van der Waals surface area contributed by atoms with Gasteiger partial charge in [0.15, 0.2) is 0 Å². The standard InChI is InChI=1S/C18H14/c1-3-9-15(10-4-1)18(17-13-7-8-14-17)16-11-5-2-6-12-16/h1-13,18H. The van der Waals surface area contributed by atoms with Crippen LogP contribution in [0.1, 0.15) is 17.0 Å². The molecule has 0 heteroatoms. The average molecular weight is 230 g/mol. The lowest BCUT2D eigenvalue weighted by Crippen LogP contribution is -2.02. The lowest BCUT2D eigenvalue weighted by atomic mass is 9.85. The molecule has 0 aromatic heterocycles. The van der Waals surface area contributed by atoms with Crippen molar-refractivity contribution in [3.05, 3.63) is 101 Å². The molecule has 86 valence electrons. The molecule has 1 aliphatic carbocycles. The quantitative estimate of drug-likeness (QED) is 0.682. The highest BCUT2D eigenvalue weighted by molar-refractivity contribution is 5.47. The van der Waals surface area contributed by atoms with Crippen LogP contribution >= 0.6 is 0 Å². The van der Waals surface area contributed by atoms with E-state index in [0.717, 1.165) is 0 Å². The Balaban J connectivity index is 2.11. The maximum atomic E-state index is 3.33. The fourth-order valence-electron chi connectivity index (χ4n) is 2.37. The van der Waals surface area contributed by atoms with Gasteiger partial charge in [0.2, 0.25) is 0 Å². The Bertz CT molecular complexity index is 572. The van der Waals surface area contributed by atoms with E-state index in [9.17, 15) is 0 Å². The number of rotatable bonds is 3. The summed E-state index contributed by atoms with van der Waals surface area (Å²) in [6, 6.07) is 21.2. The zero-order valence-corrected chi connectivity index (χ0v) is 10.1. The van der Waals surface area contributed by atoms with Crippen molar-refractivity contribution in [3.8, 4) is 0 Å². The van der Waals surface area contributed by atoms with Crippen LogP contribution in [0, 0.1) is 0 Å². The van der Waals surface area contributed by atoms with Gasteiger partial charge in [0.1, 0.15) is 0 Å². The highest BCUT2D eigenvalue weighted by Gasteiger charge is 2.17. The molecule has 0 N–H and O–H groups in total. The van der Waals surface area contributed by atoms with E-state index < -0.39 is 0 Å². The molecule has 18 heavy (non-hydrogen) atoms. The minimum absolute atomic E-state index is 0.280. The first-order valence-corrected chi connectivity index (χ1v) is 6.18. The van der Waals surface area contributed by atoms with E-state index in [4.69, 9.17) is 0 Å². The lowest BCUT2D eigenvalue weighted by molar-refractivity contribution is 0.983. The summed E-state index contributed by atoms with van der Waals surface area (Å²) >= 11 is 0. The van der Waals surface area contributed by atoms with Crippen LogP contribution in [0.15, 0.2) is 90.2 Å². The molecule has 0 spiro atoms. The van der Waals surface area contributed by atoms with Crippen LogP contribution in [-0.2, 0) is 0 Å². The van der Waals surface area contributed by atoms with Gasteiger partial charge in [-0.15, -0.1) is 5.73 Å². The fraction of sp³-hybridized carbons (Fsp3) is 0.0556. The third-order valence-electron chi connectivity index (χ3n) is 3.20. The summed E-state index contributed by atoms with van der Waals surface area (Å²) < 4.78 is 0. The SMILES string of the molecule is C1=CC=CC=1C(c1ccccc1)c1ccccc1. The highest BCUT2D eigenvalue weighted by Crippen LogP contribution is 2.32. The van der Waals surface area contributed by atoms with E-state index in [1.807, 2.05) is 12.2 Å². The summed E-state index contributed by atoms with van der Waals surface area (Å²) in [6.07, 6.45) is 6.17. The van der Waals surface area contributed by atoms with Gasteiger partial charge in [-0.1, -0.05) is 66.7 Å². The first-order chi connectivity index (χ1) is 8.95. The molecule has 0 fully saturated rings. The third kappa shape index (κ3) is 2.07. The average Bonchev–Trinajstić information content (AvgIpc) is 2.95.